The highest BCUT2D eigenvalue weighted by Gasteiger charge is 2.49. The first kappa shape index (κ1) is 22.4. The monoisotopic (exact) mass is 484 g/mol. The van der Waals surface area contributed by atoms with Crippen LogP contribution >= 0.6 is 0 Å². The zero-order chi connectivity index (χ0) is 24.7. The first-order valence-electron chi connectivity index (χ1n) is 10.6. The van der Waals surface area contributed by atoms with Crippen molar-refractivity contribution in [2.75, 3.05) is 17.7 Å². The topological polar surface area (TPSA) is 118 Å². The van der Waals surface area contributed by atoms with E-state index < -0.39 is 29.2 Å². The van der Waals surface area contributed by atoms with E-state index in [0.717, 1.165) is 4.57 Å². The van der Waals surface area contributed by atoms with Crippen molar-refractivity contribution in [2.24, 2.45) is 0 Å². The van der Waals surface area contributed by atoms with Gasteiger partial charge in [0, 0.05) is 31.9 Å². The lowest BCUT2D eigenvalue weighted by Gasteiger charge is -2.36. The Morgan fingerprint density at radius 2 is 2.09 bits per heavy atom. The lowest BCUT2D eigenvalue weighted by molar-refractivity contribution is -0.102. The summed E-state index contributed by atoms with van der Waals surface area (Å²) in [6, 6.07) is 5.91. The van der Waals surface area contributed by atoms with Gasteiger partial charge in [-0.3, -0.25) is 14.2 Å². The predicted molar refractivity (Wildman–Crippen MR) is 121 cm³/mol. The van der Waals surface area contributed by atoms with Gasteiger partial charge >= 0.3 is 0 Å². The van der Waals surface area contributed by atoms with Gasteiger partial charge in [-0.15, -0.1) is 0 Å². The highest BCUT2D eigenvalue weighted by Crippen LogP contribution is 2.37. The van der Waals surface area contributed by atoms with E-state index in [9.17, 15) is 22.8 Å². The molecule has 5 rings (SSSR count). The lowest BCUT2D eigenvalue weighted by Crippen LogP contribution is -2.55. The molecule has 1 saturated carbocycles. The Hall–Kier alpha value is -4.42. The molecule has 10 nitrogen and oxygen atoms in total. The first-order valence-corrected chi connectivity index (χ1v) is 10.6. The van der Waals surface area contributed by atoms with E-state index in [4.69, 9.17) is 0 Å². The maximum atomic E-state index is 14.2. The lowest BCUT2D eigenvalue weighted by atomic mass is 9.88. The molecule has 0 radical (unpaired) electrons. The molecule has 0 aromatic carbocycles. The summed E-state index contributed by atoms with van der Waals surface area (Å²) in [7, 11) is 1.62. The number of anilines is 3. The zero-order valence-electron chi connectivity index (χ0n) is 18.3. The van der Waals surface area contributed by atoms with Crippen molar-refractivity contribution in [3.05, 3.63) is 70.7 Å². The third-order valence-electron chi connectivity index (χ3n) is 5.73. The van der Waals surface area contributed by atoms with E-state index in [-0.39, 0.29) is 41.4 Å². The van der Waals surface area contributed by atoms with Crippen molar-refractivity contribution in [3.8, 4) is 5.82 Å². The number of aromatic nitrogens is 5. The van der Waals surface area contributed by atoms with Gasteiger partial charge in [0.2, 0.25) is 0 Å². The molecule has 1 unspecified atom stereocenters. The van der Waals surface area contributed by atoms with Crippen molar-refractivity contribution < 1.29 is 18.0 Å². The maximum Gasteiger partial charge on any atom is 0.280 e. The quantitative estimate of drug-likeness (QED) is 0.385. The molecule has 1 aliphatic carbocycles. The Kier molecular flexibility index (Phi) is 5.38. The van der Waals surface area contributed by atoms with Crippen LogP contribution in [0.1, 0.15) is 23.2 Å². The Labute approximate surface area is 195 Å². The van der Waals surface area contributed by atoms with E-state index in [1.807, 2.05) is 0 Å². The van der Waals surface area contributed by atoms with Crippen LogP contribution in [0.5, 0.6) is 0 Å². The average molecular weight is 484 g/mol. The molecule has 1 amide bonds. The molecule has 0 aliphatic heterocycles. The molecule has 0 bridgehead atoms. The molecular formula is C22H19F3N8O2. The second kappa shape index (κ2) is 8.42. The molecule has 13 heteroatoms. The van der Waals surface area contributed by atoms with Gasteiger partial charge in [-0.2, -0.15) is 9.61 Å². The normalized spacial score (nSPS) is 16.5. The van der Waals surface area contributed by atoms with E-state index >= 15 is 0 Å². The molecule has 1 aliphatic rings. The van der Waals surface area contributed by atoms with E-state index in [2.05, 4.69) is 31.0 Å². The van der Waals surface area contributed by atoms with Crippen molar-refractivity contribution >= 4 is 28.9 Å². The summed E-state index contributed by atoms with van der Waals surface area (Å²) in [6.07, 6.45) is 3.88. The Morgan fingerprint density at radius 3 is 2.77 bits per heavy atom. The Balaban J connectivity index is 1.50. The fourth-order valence-electron chi connectivity index (χ4n) is 3.73. The van der Waals surface area contributed by atoms with Gasteiger partial charge in [0.15, 0.2) is 17.3 Å². The third kappa shape index (κ3) is 3.94. The number of nitrogens with one attached hydrogen (secondary N) is 3. The summed E-state index contributed by atoms with van der Waals surface area (Å²) in [5.41, 5.74) is -0.437. The van der Waals surface area contributed by atoms with Crippen molar-refractivity contribution in [3.63, 3.8) is 0 Å². The van der Waals surface area contributed by atoms with Crippen LogP contribution in [-0.4, -0.2) is 49.1 Å². The number of pyridine rings is 2. The van der Waals surface area contributed by atoms with Crippen LogP contribution in [0.25, 0.3) is 11.5 Å². The van der Waals surface area contributed by atoms with E-state index in [0.29, 0.717) is 5.82 Å². The van der Waals surface area contributed by atoms with Gasteiger partial charge < -0.3 is 16.0 Å². The number of fused-ring (bicyclic) bond motifs is 1. The summed E-state index contributed by atoms with van der Waals surface area (Å²) in [6.45, 7) is 0. The van der Waals surface area contributed by atoms with Gasteiger partial charge in [-0.1, -0.05) is 0 Å². The number of hydrogen-bond donors (Lipinski definition) is 3. The molecule has 0 saturated heterocycles. The number of alkyl halides is 2. The molecule has 180 valence electrons. The largest absolute Gasteiger partial charge is 0.373 e. The minimum Gasteiger partial charge on any atom is -0.373 e. The van der Waals surface area contributed by atoms with Gasteiger partial charge in [0.25, 0.3) is 17.4 Å². The number of halogens is 3. The first-order chi connectivity index (χ1) is 16.8. The van der Waals surface area contributed by atoms with Crippen molar-refractivity contribution in [1.29, 1.82) is 0 Å². The molecule has 3 N–H and O–H groups in total. The molecule has 1 fully saturated rings. The third-order valence-corrected chi connectivity index (χ3v) is 5.73. The molecule has 4 heterocycles. The highest BCUT2D eigenvalue weighted by molar-refractivity contribution is 6.00. The van der Waals surface area contributed by atoms with Crippen LogP contribution in [0, 0.1) is 5.82 Å². The molecule has 4 aromatic heterocycles. The Bertz CT molecular complexity index is 1500. The van der Waals surface area contributed by atoms with Gasteiger partial charge in [-0.05, 0) is 30.7 Å². The van der Waals surface area contributed by atoms with Gasteiger partial charge in [-0.25, -0.2) is 23.1 Å². The van der Waals surface area contributed by atoms with Crippen molar-refractivity contribution in [2.45, 2.75) is 24.8 Å². The molecule has 35 heavy (non-hydrogen) atoms. The van der Waals surface area contributed by atoms with Crippen molar-refractivity contribution in [1.82, 2.24) is 29.5 Å². The SMILES string of the molecule is CNc1cc(Nc2cccn(-c3ncccc3F)c2=O)nc2c(C(=O)NC3CCC3(F)F)cnn12. The van der Waals surface area contributed by atoms with E-state index in [1.165, 1.54) is 47.4 Å². The molecule has 1 atom stereocenters. The molecule has 4 aromatic rings. The number of hydrogen-bond acceptors (Lipinski definition) is 7. The maximum absolute atomic E-state index is 14.2. The summed E-state index contributed by atoms with van der Waals surface area (Å²) < 4.78 is 43.8. The van der Waals surface area contributed by atoms with E-state index in [1.54, 1.807) is 13.1 Å². The fraction of sp³-hybridized carbons (Fsp3) is 0.227. The highest BCUT2D eigenvalue weighted by atomic mass is 19.3. The average Bonchev–Trinajstić information content (AvgIpc) is 3.27. The second-order valence-corrected chi connectivity index (χ2v) is 7.93. The van der Waals surface area contributed by atoms with Crippen LogP contribution < -0.4 is 21.5 Å². The number of rotatable bonds is 6. The van der Waals surface area contributed by atoms with Crippen LogP contribution in [0.4, 0.5) is 30.5 Å². The second-order valence-electron chi connectivity index (χ2n) is 7.93. The molecular weight excluding hydrogens is 465 g/mol. The summed E-state index contributed by atoms with van der Waals surface area (Å²) >= 11 is 0. The summed E-state index contributed by atoms with van der Waals surface area (Å²) in [5, 5.41) is 12.2. The van der Waals surface area contributed by atoms with Crippen LogP contribution in [0.3, 0.4) is 0 Å². The standard InChI is InChI=1S/C22H19F3N8O2/c1-26-17-10-16(29-14-5-3-9-32(21(14)35)19-13(23)4-2-8-27-19)31-18-12(11-28-33(17)18)20(34)30-15-6-7-22(15,24)25/h2-5,8-11,15,26H,6-7H2,1H3,(H,29,31)(H,30,34). The number of carbonyl (C=O) groups is 1. The number of amides is 1. The van der Waals surface area contributed by atoms with Gasteiger partial charge in [0.1, 0.15) is 22.9 Å². The minimum absolute atomic E-state index is 0.00567. The van der Waals surface area contributed by atoms with Crippen LogP contribution in [0.15, 0.2) is 53.7 Å². The zero-order valence-corrected chi connectivity index (χ0v) is 18.3. The fourth-order valence-corrected chi connectivity index (χ4v) is 3.73. The smallest absolute Gasteiger partial charge is 0.280 e. The van der Waals surface area contributed by atoms with Crippen LogP contribution in [0.2, 0.25) is 0 Å². The summed E-state index contributed by atoms with van der Waals surface area (Å²) in [4.78, 5) is 34.0. The number of carbonyl (C=O) groups excluding carboxylic acids is 1. The Morgan fingerprint density at radius 1 is 1.26 bits per heavy atom. The summed E-state index contributed by atoms with van der Waals surface area (Å²) in [5.74, 6) is -3.93. The molecule has 0 spiro atoms. The van der Waals surface area contributed by atoms with Crippen LogP contribution in [-0.2, 0) is 0 Å². The van der Waals surface area contributed by atoms with Gasteiger partial charge in [0.05, 0.1) is 12.2 Å². The minimum atomic E-state index is -2.95. The number of nitrogens with zero attached hydrogens (tertiary/aromatic N) is 5. The predicted octanol–water partition coefficient (Wildman–Crippen LogP) is 2.73.